The molecule has 0 aliphatic heterocycles. The van der Waals surface area contributed by atoms with Crippen molar-refractivity contribution in [2.24, 2.45) is 0 Å². The summed E-state index contributed by atoms with van der Waals surface area (Å²) in [6.45, 7) is 1.88. The van der Waals surface area contributed by atoms with Crippen molar-refractivity contribution < 1.29 is 19.1 Å². The average Bonchev–Trinajstić information content (AvgIpc) is 2.68. The highest BCUT2D eigenvalue weighted by Crippen LogP contribution is 2.07. The second kappa shape index (κ2) is 10.6. The minimum atomic E-state index is -0.411. The smallest absolute Gasteiger partial charge is 0.302 e. The molecule has 6 nitrogen and oxygen atoms in total. The van der Waals surface area contributed by atoms with Crippen LogP contribution in [-0.4, -0.2) is 30.9 Å². The SMILES string of the molecule is CC(=O)OCCCNC(=O)/C(=C/c1ccccc1)NC(=O)c1ccccc1. The van der Waals surface area contributed by atoms with Crippen LogP contribution >= 0.6 is 0 Å². The molecule has 0 bridgehead atoms. The van der Waals surface area contributed by atoms with E-state index in [9.17, 15) is 14.4 Å². The maximum atomic E-state index is 12.5. The maximum absolute atomic E-state index is 12.5. The van der Waals surface area contributed by atoms with Crippen LogP contribution in [0.4, 0.5) is 0 Å². The third-order valence-electron chi connectivity index (χ3n) is 3.55. The Morgan fingerprint density at radius 2 is 1.59 bits per heavy atom. The van der Waals surface area contributed by atoms with E-state index in [0.717, 1.165) is 5.56 Å². The van der Waals surface area contributed by atoms with Crippen molar-refractivity contribution >= 4 is 23.9 Å². The molecule has 2 aromatic carbocycles. The fourth-order valence-electron chi connectivity index (χ4n) is 2.24. The van der Waals surface area contributed by atoms with Gasteiger partial charge in [-0.3, -0.25) is 14.4 Å². The van der Waals surface area contributed by atoms with Crippen LogP contribution in [0.3, 0.4) is 0 Å². The van der Waals surface area contributed by atoms with E-state index in [-0.39, 0.29) is 24.2 Å². The van der Waals surface area contributed by atoms with E-state index in [4.69, 9.17) is 4.74 Å². The van der Waals surface area contributed by atoms with Crippen molar-refractivity contribution in [1.82, 2.24) is 10.6 Å². The third-order valence-corrected chi connectivity index (χ3v) is 3.55. The lowest BCUT2D eigenvalue weighted by atomic mass is 10.1. The number of rotatable bonds is 8. The summed E-state index contributed by atoms with van der Waals surface area (Å²) in [4.78, 5) is 35.7. The van der Waals surface area contributed by atoms with Crippen LogP contribution in [0.5, 0.6) is 0 Å². The Hall–Kier alpha value is -3.41. The number of ether oxygens (including phenoxy) is 1. The van der Waals surface area contributed by atoms with Crippen molar-refractivity contribution in [1.29, 1.82) is 0 Å². The highest BCUT2D eigenvalue weighted by atomic mass is 16.5. The van der Waals surface area contributed by atoms with E-state index in [0.29, 0.717) is 18.5 Å². The fourth-order valence-corrected chi connectivity index (χ4v) is 2.24. The minimum Gasteiger partial charge on any atom is -0.466 e. The summed E-state index contributed by atoms with van der Waals surface area (Å²) in [6.07, 6.45) is 2.10. The Morgan fingerprint density at radius 1 is 0.963 bits per heavy atom. The second-order valence-electron chi connectivity index (χ2n) is 5.74. The molecule has 0 spiro atoms. The predicted molar refractivity (Wildman–Crippen MR) is 103 cm³/mol. The molecule has 0 fully saturated rings. The molecule has 0 aliphatic rings. The molecule has 6 heteroatoms. The van der Waals surface area contributed by atoms with Crippen LogP contribution in [0.2, 0.25) is 0 Å². The number of nitrogens with one attached hydrogen (secondary N) is 2. The molecule has 2 rings (SSSR count). The largest absolute Gasteiger partial charge is 0.466 e. The van der Waals surface area contributed by atoms with Gasteiger partial charge in [-0.1, -0.05) is 48.5 Å². The van der Waals surface area contributed by atoms with Gasteiger partial charge >= 0.3 is 5.97 Å². The summed E-state index contributed by atoms with van der Waals surface area (Å²) in [7, 11) is 0. The van der Waals surface area contributed by atoms with Crippen LogP contribution < -0.4 is 10.6 Å². The molecule has 0 aromatic heterocycles. The molecule has 140 valence electrons. The summed E-state index contributed by atoms with van der Waals surface area (Å²) in [5.74, 6) is -1.14. The molecular weight excluding hydrogens is 344 g/mol. The van der Waals surface area contributed by atoms with E-state index in [2.05, 4.69) is 10.6 Å². The number of benzene rings is 2. The number of carbonyl (C=O) groups is 3. The average molecular weight is 366 g/mol. The topological polar surface area (TPSA) is 84.5 Å². The van der Waals surface area contributed by atoms with Crippen LogP contribution in [-0.2, 0) is 14.3 Å². The molecule has 0 unspecified atom stereocenters. The van der Waals surface area contributed by atoms with Crippen LogP contribution in [0, 0.1) is 0 Å². The number of amides is 2. The molecule has 2 amide bonds. The Morgan fingerprint density at radius 3 is 2.22 bits per heavy atom. The molecular formula is C21H22N2O4. The lowest BCUT2D eigenvalue weighted by molar-refractivity contribution is -0.140. The number of hydrogen-bond acceptors (Lipinski definition) is 4. The molecule has 27 heavy (non-hydrogen) atoms. The zero-order chi connectivity index (χ0) is 19.5. The maximum Gasteiger partial charge on any atom is 0.302 e. The standard InChI is InChI=1S/C21H22N2O4/c1-16(24)27-14-8-13-22-21(26)19(15-17-9-4-2-5-10-17)23-20(25)18-11-6-3-7-12-18/h2-7,9-12,15H,8,13-14H2,1H3,(H,22,26)(H,23,25)/b19-15-. The Kier molecular flexibility index (Phi) is 7.78. The highest BCUT2D eigenvalue weighted by molar-refractivity contribution is 6.05. The molecule has 0 saturated heterocycles. The van der Waals surface area contributed by atoms with Crippen molar-refractivity contribution in [3.8, 4) is 0 Å². The lowest BCUT2D eigenvalue weighted by Gasteiger charge is -2.11. The highest BCUT2D eigenvalue weighted by Gasteiger charge is 2.14. The van der Waals surface area contributed by atoms with Crippen molar-refractivity contribution in [3.63, 3.8) is 0 Å². The summed E-state index contributed by atoms with van der Waals surface area (Å²) in [5, 5.41) is 5.39. The van der Waals surface area contributed by atoms with Gasteiger partial charge < -0.3 is 15.4 Å². The Labute approximate surface area is 158 Å². The Bertz CT molecular complexity index is 801. The lowest BCUT2D eigenvalue weighted by Crippen LogP contribution is -2.35. The quantitative estimate of drug-likeness (QED) is 0.427. The van der Waals surface area contributed by atoms with Gasteiger partial charge in [0.15, 0.2) is 0 Å². The zero-order valence-corrected chi connectivity index (χ0v) is 15.1. The normalized spacial score (nSPS) is 10.8. The van der Waals surface area contributed by atoms with Crippen LogP contribution in [0.1, 0.15) is 29.3 Å². The summed E-state index contributed by atoms with van der Waals surface area (Å²) in [5.41, 5.74) is 1.39. The molecule has 2 N–H and O–H groups in total. The van der Waals surface area contributed by atoms with Gasteiger partial charge in [0, 0.05) is 19.0 Å². The first-order valence-corrected chi connectivity index (χ1v) is 8.61. The number of esters is 1. The van der Waals surface area contributed by atoms with Gasteiger partial charge in [-0.25, -0.2) is 0 Å². The van der Waals surface area contributed by atoms with Gasteiger partial charge in [0.05, 0.1) is 6.61 Å². The molecule has 0 heterocycles. The zero-order valence-electron chi connectivity index (χ0n) is 15.1. The molecule has 0 atom stereocenters. The molecule has 0 radical (unpaired) electrons. The van der Waals surface area contributed by atoms with Gasteiger partial charge in [-0.15, -0.1) is 0 Å². The summed E-state index contributed by atoms with van der Waals surface area (Å²) < 4.78 is 4.83. The first kappa shape index (κ1) is 19.9. The van der Waals surface area contributed by atoms with Gasteiger partial charge in [0.25, 0.3) is 11.8 Å². The summed E-state index contributed by atoms with van der Waals surface area (Å²) >= 11 is 0. The van der Waals surface area contributed by atoms with E-state index < -0.39 is 5.91 Å². The first-order chi connectivity index (χ1) is 13.1. The summed E-state index contributed by atoms with van der Waals surface area (Å²) in [6, 6.07) is 17.9. The third kappa shape index (κ3) is 7.15. The first-order valence-electron chi connectivity index (χ1n) is 8.61. The number of carbonyl (C=O) groups excluding carboxylic acids is 3. The molecule has 0 saturated carbocycles. The van der Waals surface area contributed by atoms with Gasteiger partial charge in [-0.2, -0.15) is 0 Å². The minimum absolute atomic E-state index is 0.141. The van der Waals surface area contributed by atoms with Gasteiger partial charge in [-0.05, 0) is 30.2 Å². The molecule has 0 aliphatic carbocycles. The monoisotopic (exact) mass is 366 g/mol. The van der Waals surface area contributed by atoms with E-state index in [1.165, 1.54) is 6.92 Å². The van der Waals surface area contributed by atoms with Crippen molar-refractivity contribution in [2.75, 3.05) is 13.2 Å². The number of hydrogen-bond donors (Lipinski definition) is 2. The van der Waals surface area contributed by atoms with Crippen LogP contribution in [0.15, 0.2) is 66.4 Å². The van der Waals surface area contributed by atoms with Crippen molar-refractivity contribution in [2.45, 2.75) is 13.3 Å². The van der Waals surface area contributed by atoms with Gasteiger partial charge in [0.2, 0.25) is 0 Å². The van der Waals surface area contributed by atoms with Gasteiger partial charge in [0.1, 0.15) is 5.70 Å². The molecule has 2 aromatic rings. The van der Waals surface area contributed by atoms with E-state index in [1.807, 2.05) is 36.4 Å². The Balaban J connectivity index is 2.05. The van der Waals surface area contributed by atoms with E-state index >= 15 is 0 Å². The van der Waals surface area contributed by atoms with Crippen LogP contribution in [0.25, 0.3) is 6.08 Å². The van der Waals surface area contributed by atoms with Crippen molar-refractivity contribution in [3.05, 3.63) is 77.5 Å². The van der Waals surface area contributed by atoms with E-state index in [1.54, 1.807) is 30.3 Å². The fraction of sp³-hybridized carbons (Fsp3) is 0.190. The predicted octanol–water partition coefficient (Wildman–Crippen LogP) is 2.53. The second-order valence-corrected chi connectivity index (χ2v) is 5.74.